The van der Waals surface area contributed by atoms with Crippen molar-refractivity contribution in [3.8, 4) is 11.3 Å². The van der Waals surface area contributed by atoms with Gasteiger partial charge in [0.25, 0.3) is 0 Å². The molecule has 96 valence electrons. The standard InChI is InChI=1S/C14H18FN3/c1-10-13(8-9-16-2)18(3)17-14(10)11-4-6-12(15)7-5-11/h4-7,16H,8-9H2,1-3H3. The summed E-state index contributed by atoms with van der Waals surface area (Å²) in [5, 5.41) is 7.67. The molecule has 0 aliphatic heterocycles. The van der Waals surface area contributed by atoms with Gasteiger partial charge < -0.3 is 5.32 Å². The van der Waals surface area contributed by atoms with Crippen LogP contribution in [0.25, 0.3) is 11.3 Å². The highest BCUT2D eigenvalue weighted by Gasteiger charge is 2.13. The Hall–Kier alpha value is -1.68. The SMILES string of the molecule is CNCCc1c(C)c(-c2ccc(F)cc2)nn1C. The van der Waals surface area contributed by atoms with E-state index in [0.29, 0.717) is 0 Å². The van der Waals surface area contributed by atoms with Crippen LogP contribution in [0.5, 0.6) is 0 Å². The van der Waals surface area contributed by atoms with Gasteiger partial charge in [-0.05, 0) is 43.8 Å². The lowest BCUT2D eigenvalue weighted by Gasteiger charge is -2.02. The summed E-state index contributed by atoms with van der Waals surface area (Å²) >= 11 is 0. The number of nitrogens with zero attached hydrogens (tertiary/aromatic N) is 2. The highest BCUT2D eigenvalue weighted by molar-refractivity contribution is 5.63. The lowest BCUT2D eigenvalue weighted by atomic mass is 10.1. The molecule has 18 heavy (non-hydrogen) atoms. The smallest absolute Gasteiger partial charge is 0.123 e. The Labute approximate surface area is 107 Å². The fraction of sp³-hybridized carbons (Fsp3) is 0.357. The number of rotatable bonds is 4. The zero-order valence-electron chi connectivity index (χ0n) is 11.0. The van der Waals surface area contributed by atoms with E-state index in [4.69, 9.17) is 0 Å². The predicted octanol–water partition coefficient (Wildman–Crippen LogP) is 2.30. The van der Waals surface area contributed by atoms with Gasteiger partial charge in [-0.3, -0.25) is 4.68 Å². The third-order valence-corrected chi connectivity index (χ3v) is 3.16. The summed E-state index contributed by atoms with van der Waals surface area (Å²) in [5.74, 6) is -0.220. The number of aromatic nitrogens is 2. The largest absolute Gasteiger partial charge is 0.319 e. The molecule has 0 saturated heterocycles. The van der Waals surface area contributed by atoms with E-state index in [1.165, 1.54) is 23.4 Å². The number of hydrogen-bond acceptors (Lipinski definition) is 2. The van der Waals surface area contributed by atoms with E-state index in [1.54, 1.807) is 12.1 Å². The Balaban J connectivity index is 2.37. The molecule has 2 aromatic rings. The minimum atomic E-state index is -0.220. The fourth-order valence-corrected chi connectivity index (χ4v) is 2.14. The molecule has 1 aromatic heterocycles. The van der Waals surface area contributed by atoms with Gasteiger partial charge in [0.1, 0.15) is 5.82 Å². The van der Waals surface area contributed by atoms with Crippen molar-refractivity contribution in [1.82, 2.24) is 15.1 Å². The Morgan fingerprint density at radius 1 is 1.28 bits per heavy atom. The van der Waals surface area contributed by atoms with Crippen LogP contribution in [0.4, 0.5) is 4.39 Å². The van der Waals surface area contributed by atoms with Gasteiger partial charge in [0.05, 0.1) is 5.69 Å². The van der Waals surface area contributed by atoms with E-state index in [-0.39, 0.29) is 5.82 Å². The molecule has 0 atom stereocenters. The average molecular weight is 247 g/mol. The lowest BCUT2D eigenvalue weighted by Crippen LogP contribution is -2.13. The highest BCUT2D eigenvalue weighted by atomic mass is 19.1. The number of nitrogens with one attached hydrogen (secondary N) is 1. The number of likely N-dealkylation sites (N-methyl/N-ethyl adjacent to an activating group) is 1. The zero-order chi connectivity index (χ0) is 13.1. The van der Waals surface area contributed by atoms with Gasteiger partial charge in [-0.2, -0.15) is 5.10 Å². The van der Waals surface area contributed by atoms with Gasteiger partial charge in [-0.25, -0.2) is 4.39 Å². The minimum absolute atomic E-state index is 0.220. The molecule has 0 bridgehead atoms. The lowest BCUT2D eigenvalue weighted by molar-refractivity contribution is 0.628. The van der Waals surface area contributed by atoms with E-state index in [2.05, 4.69) is 17.3 Å². The summed E-state index contributed by atoms with van der Waals surface area (Å²) in [4.78, 5) is 0. The molecule has 0 unspecified atom stereocenters. The molecule has 0 aliphatic rings. The molecule has 4 heteroatoms. The molecular formula is C14H18FN3. The van der Waals surface area contributed by atoms with Crippen LogP contribution in [0.3, 0.4) is 0 Å². The van der Waals surface area contributed by atoms with Gasteiger partial charge in [-0.1, -0.05) is 0 Å². The van der Waals surface area contributed by atoms with Gasteiger partial charge in [0.2, 0.25) is 0 Å². The average Bonchev–Trinajstić information content (AvgIpc) is 2.64. The first kappa shape index (κ1) is 12.8. The molecule has 1 aromatic carbocycles. The summed E-state index contributed by atoms with van der Waals surface area (Å²) in [5.41, 5.74) is 4.27. The zero-order valence-corrected chi connectivity index (χ0v) is 11.0. The summed E-state index contributed by atoms with van der Waals surface area (Å²) in [6.45, 7) is 2.99. The summed E-state index contributed by atoms with van der Waals surface area (Å²) in [7, 11) is 3.89. The van der Waals surface area contributed by atoms with E-state index in [1.807, 2.05) is 18.8 Å². The van der Waals surface area contributed by atoms with Crippen molar-refractivity contribution in [2.24, 2.45) is 7.05 Å². The first-order valence-corrected chi connectivity index (χ1v) is 6.06. The normalized spacial score (nSPS) is 10.9. The van der Waals surface area contributed by atoms with Crippen molar-refractivity contribution >= 4 is 0 Å². The monoisotopic (exact) mass is 247 g/mol. The maximum absolute atomic E-state index is 12.9. The first-order valence-electron chi connectivity index (χ1n) is 6.06. The van der Waals surface area contributed by atoms with Crippen LogP contribution in [0.15, 0.2) is 24.3 Å². The highest BCUT2D eigenvalue weighted by Crippen LogP contribution is 2.24. The van der Waals surface area contributed by atoms with E-state index in [0.717, 1.165) is 24.2 Å². The van der Waals surface area contributed by atoms with E-state index in [9.17, 15) is 4.39 Å². The molecule has 1 heterocycles. The van der Waals surface area contributed by atoms with Crippen molar-refractivity contribution in [2.45, 2.75) is 13.3 Å². The Morgan fingerprint density at radius 3 is 2.56 bits per heavy atom. The second-order valence-corrected chi connectivity index (χ2v) is 4.40. The maximum atomic E-state index is 12.9. The summed E-state index contributed by atoms with van der Waals surface area (Å²) in [6.07, 6.45) is 0.938. The van der Waals surface area contributed by atoms with Crippen LogP contribution in [-0.4, -0.2) is 23.4 Å². The van der Waals surface area contributed by atoms with Crippen LogP contribution in [0.1, 0.15) is 11.3 Å². The second-order valence-electron chi connectivity index (χ2n) is 4.40. The molecule has 3 nitrogen and oxygen atoms in total. The first-order chi connectivity index (χ1) is 8.63. The van der Waals surface area contributed by atoms with E-state index < -0.39 is 0 Å². The molecule has 0 saturated carbocycles. The van der Waals surface area contributed by atoms with Crippen molar-refractivity contribution in [1.29, 1.82) is 0 Å². The summed E-state index contributed by atoms with van der Waals surface area (Å²) < 4.78 is 14.8. The molecule has 0 spiro atoms. The Morgan fingerprint density at radius 2 is 1.94 bits per heavy atom. The van der Waals surface area contributed by atoms with Gasteiger partial charge >= 0.3 is 0 Å². The molecule has 0 radical (unpaired) electrons. The number of aryl methyl sites for hydroxylation is 1. The van der Waals surface area contributed by atoms with Crippen LogP contribution in [-0.2, 0) is 13.5 Å². The van der Waals surface area contributed by atoms with Gasteiger partial charge in [0.15, 0.2) is 0 Å². The molecule has 1 N–H and O–H groups in total. The Bertz CT molecular complexity index is 529. The molecule has 2 rings (SSSR count). The van der Waals surface area contributed by atoms with Crippen molar-refractivity contribution in [3.63, 3.8) is 0 Å². The predicted molar refractivity (Wildman–Crippen MR) is 71.0 cm³/mol. The number of halogens is 1. The summed E-state index contributed by atoms with van der Waals surface area (Å²) in [6, 6.07) is 6.48. The third kappa shape index (κ3) is 2.43. The Kier molecular flexibility index (Phi) is 3.77. The van der Waals surface area contributed by atoms with Crippen LogP contribution >= 0.6 is 0 Å². The topological polar surface area (TPSA) is 29.9 Å². The molecule has 0 aliphatic carbocycles. The van der Waals surface area contributed by atoms with Crippen molar-refractivity contribution in [3.05, 3.63) is 41.3 Å². The number of benzene rings is 1. The quantitative estimate of drug-likeness (QED) is 0.898. The minimum Gasteiger partial charge on any atom is -0.319 e. The third-order valence-electron chi connectivity index (χ3n) is 3.16. The van der Waals surface area contributed by atoms with Crippen LogP contribution < -0.4 is 5.32 Å². The number of hydrogen-bond donors (Lipinski definition) is 1. The van der Waals surface area contributed by atoms with Crippen molar-refractivity contribution in [2.75, 3.05) is 13.6 Å². The fourth-order valence-electron chi connectivity index (χ4n) is 2.14. The molecule has 0 amide bonds. The van der Waals surface area contributed by atoms with Gasteiger partial charge in [-0.15, -0.1) is 0 Å². The van der Waals surface area contributed by atoms with E-state index >= 15 is 0 Å². The molecular weight excluding hydrogens is 229 g/mol. The second kappa shape index (κ2) is 5.31. The molecule has 0 fully saturated rings. The van der Waals surface area contributed by atoms with Crippen molar-refractivity contribution < 1.29 is 4.39 Å². The van der Waals surface area contributed by atoms with Crippen LogP contribution in [0.2, 0.25) is 0 Å². The van der Waals surface area contributed by atoms with Gasteiger partial charge in [0, 0.05) is 31.3 Å². The maximum Gasteiger partial charge on any atom is 0.123 e. The van der Waals surface area contributed by atoms with Crippen LogP contribution in [0, 0.1) is 12.7 Å².